The van der Waals surface area contributed by atoms with Crippen LogP contribution in [0.25, 0.3) is 0 Å². The molecule has 0 radical (unpaired) electrons. The molecule has 1 heterocycles. The maximum atomic E-state index is 6.34. The van der Waals surface area contributed by atoms with Gasteiger partial charge in [0, 0.05) is 18.1 Å². The Balaban J connectivity index is 2.34. The van der Waals surface area contributed by atoms with Crippen LogP contribution in [0, 0.1) is 0 Å². The van der Waals surface area contributed by atoms with E-state index in [1.807, 2.05) is 6.07 Å². The predicted molar refractivity (Wildman–Crippen MR) is 84.0 cm³/mol. The van der Waals surface area contributed by atoms with Crippen molar-refractivity contribution >= 4 is 0 Å². The first-order chi connectivity index (χ1) is 9.58. The van der Waals surface area contributed by atoms with Crippen LogP contribution < -0.4 is 10.5 Å². The van der Waals surface area contributed by atoms with Crippen LogP contribution in [-0.2, 0) is 0 Å². The van der Waals surface area contributed by atoms with Crippen LogP contribution >= 0.6 is 0 Å². The topological polar surface area (TPSA) is 38.5 Å². The van der Waals surface area contributed by atoms with Gasteiger partial charge in [0.25, 0.3) is 0 Å². The lowest BCUT2D eigenvalue weighted by Gasteiger charge is -2.38. The Morgan fingerprint density at radius 3 is 2.75 bits per heavy atom. The lowest BCUT2D eigenvalue weighted by atomic mass is 9.97. The fourth-order valence-electron chi connectivity index (χ4n) is 3.58. The summed E-state index contributed by atoms with van der Waals surface area (Å²) >= 11 is 0. The number of nitrogens with zero attached hydrogens (tertiary/aromatic N) is 1. The van der Waals surface area contributed by atoms with E-state index in [2.05, 4.69) is 43.9 Å². The molecule has 0 aliphatic carbocycles. The number of ether oxygens (including phenoxy) is 1. The Hall–Kier alpha value is -1.06. The van der Waals surface area contributed by atoms with Crippen LogP contribution in [0.5, 0.6) is 5.75 Å². The van der Waals surface area contributed by atoms with Crippen LogP contribution in [0.1, 0.15) is 51.6 Å². The molecule has 0 amide bonds. The first-order valence-corrected chi connectivity index (χ1v) is 7.75. The average Bonchev–Trinajstić information content (AvgIpc) is 2.80. The number of rotatable bonds is 5. The molecule has 0 spiro atoms. The fourth-order valence-corrected chi connectivity index (χ4v) is 3.58. The smallest absolute Gasteiger partial charge is 0.119 e. The first kappa shape index (κ1) is 15.3. The molecule has 20 heavy (non-hydrogen) atoms. The summed E-state index contributed by atoms with van der Waals surface area (Å²) in [5.41, 5.74) is 7.61. The molecular weight excluding hydrogens is 248 g/mol. The maximum Gasteiger partial charge on any atom is 0.119 e. The van der Waals surface area contributed by atoms with E-state index in [1.54, 1.807) is 7.11 Å². The number of likely N-dealkylation sites (tertiary alicyclic amines) is 1. The summed E-state index contributed by atoms with van der Waals surface area (Å²) in [5.74, 6) is 0.910. The molecule has 1 aromatic rings. The van der Waals surface area contributed by atoms with Gasteiger partial charge in [0.1, 0.15) is 5.75 Å². The van der Waals surface area contributed by atoms with E-state index < -0.39 is 0 Å². The van der Waals surface area contributed by atoms with Crippen LogP contribution in [0.2, 0.25) is 0 Å². The molecule has 4 unspecified atom stereocenters. The van der Waals surface area contributed by atoms with Gasteiger partial charge >= 0.3 is 0 Å². The van der Waals surface area contributed by atoms with Gasteiger partial charge < -0.3 is 10.5 Å². The summed E-state index contributed by atoms with van der Waals surface area (Å²) < 4.78 is 5.37. The molecule has 0 bridgehead atoms. The minimum Gasteiger partial charge on any atom is -0.497 e. The first-order valence-electron chi connectivity index (χ1n) is 7.75. The molecule has 2 N–H and O–H groups in total. The molecular formula is C17H28N2O. The van der Waals surface area contributed by atoms with Gasteiger partial charge in [-0.05, 0) is 50.8 Å². The molecule has 1 saturated heterocycles. The minimum absolute atomic E-state index is 0.108. The van der Waals surface area contributed by atoms with Gasteiger partial charge in [0.15, 0.2) is 0 Å². The number of nitrogens with two attached hydrogens (primary N) is 1. The second-order valence-electron chi connectivity index (χ2n) is 6.02. The largest absolute Gasteiger partial charge is 0.497 e. The SMILES string of the molecule is CCC1CCC(C)N1C(c1cccc(OC)c1)C(C)N. The molecule has 3 heteroatoms. The zero-order valence-corrected chi connectivity index (χ0v) is 13.2. The summed E-state index contributed by atoms with van der Waals surface area (Å²) in [5, 5.41) is 0. The second-order valence-corrected chi connectivity index (χ2v) is 6.02. The van der Waals surface area contributed by atoms with E-state index in [4.69, 9.17) is 10.5 Å². The maximum absolute atomic E-state index is 6.34. The van der Waals surface area contributed by atoms with Crippen molar-refractivity contribution in [2.45, 2.75) is 64.2 Å². The van der Waals surface area contributed by atoms with Gasteiger partial charge in [0.05, 0.1) is 13.2 Å². The summed E-state index contributed by atoms with van der Waals surface area (Å²) in [6.45, 7) is 6.71. The molecule has 2 rings (SSSR count). The van der Waals surface area contributed by atoms with E-state index >= 15 is 0 Å². The summed E-state index contributed by atoms with van der Waals surface area (Å²) in [4.78, 5) is 2.62. The van der Waals surface area contributed by atoms with Crippen molar-refractivity contribution in [1.82, 2.24) is 4.90 Å². The predicted octanol–water partition coefficient (Wildman–Crippen LogP) is 3.35. The van der Waals surface area contributed by atoms with E-state index in [0.717, 1.165) is 5.75 Å². The zero-order chi connectivity index (χ0) is 14.7. The van der Waals surface area contributed by atoms with Gasteiger partial charge in [-0.1, -0.05) is 19.1 Å². The van der Waals surface area contributed by atoms with Crippen molar-refractivity contribution in [3.05, 3.63) is 29.8 Å². The van der Waals surface area contributed by atoms with Crippen molar-refractivity contribution in [2.24, 2.45) is 5.73 Å². The number of hydrogen-bond donors (Lipinski definition) is 1. The lowest BCUT2D eigenvalue weighted by Crippen LogP contribution is -2.45. The van der Waals surface area contributed by atoms with Gasteiger partial charge in [-0.2, -0.15) is 0 Å². The highest BCUT2D eigenvalue weighted by molar-refractivity contribution is 5.31. The summed E-state index contributed by atoms with van der Waals surface area (Å²) in [6.07, 6.45) is 3.74. The number of benzene rings is 1. The van der Waals surface area contributed by atoms with Crippen LogP contribution in [-0.4, -0.2) is 30.1 Å². The van der Waals surface area contributed by atoms with Gasteiger partial charge in [-0.15, -0.1) is 0 Å². The van der Waals surface area contributed by atoms with Gasteiger partial charge in [0.2, 0.25) is 0 Å². The zero-order valence-electron chi connectivity index (χ0n) is 13.2. The third kappa shape index (κ3) is 2.99. The van der Waals surface area contributed by atoms with E-state index in [9.17, 15) is 0 Å². The lowest BCUT2D eigenvalue weighted by molar-refractivity contribution is 0.117. The van der Waals surface area contributed by atoms with E-state index in [1.165, 1.54) is 24.8 Å². The Bertz CT molecular complexity index is 433. The normalized spacial score (nSPS) is 26.4. The molecule has 0 saturated carbocycles. The molecule has 0 aromatic heterocycles. The molecule has 1 aliphatic heterocycles. The van der Waals surface area contributed by atoms with Crippen LogP contribution in [0.4, 0.5) is 0 Å². The third-order valence-corrected chi connectivity index (χ3v) is 4.57. The Kier molecular flexibility index (Phi) is 5.06. The monoisotopic (exact) mass is 276 g/mol. The Morgan fingerprint density at radius 2 is 2.15 bits per heavy atom. The Labute approximate surface area is 123 Å². The number of methoxy groups -OCH3 is 1. The highest BCUT2D eigenvalue weighted by Gasteiger charge is 2.37. The molecule has 1 aromatic carbocycles. The van der Waals surface area contributed by atoms with Crippen molar-refractivity contribution < 1.29 is 4.74 Å². The van der Waals surface area contributed by atoms with Crippen molar-refractivity contribution in [3.8, 4) is 5.75 Å². The van der Waals surface area contributed by atoms with Crippen molar-refractivity contribution in [2.75, 3.05) is 7.11 Å². The molecule has 3 nitrogen and oxygen atoms in total. The highest BCUT2D eigenvalue weighted by Crippen LogP contribution is 2.37. The minimum atomic E-state index is 0.108. The quantitative estimate of drug-likeness (QED) is 0.896. The standard InChI is InChI=1S/C17H28N2O/c1-5-15-10-9-12(2)19(15)17(13(3)18)14-7-6-8-16(11-14)20-4/h6-8,11-13,15,17H,5,9-10,18H2,1-4H3. The Morgan fingerprint density at radius 1 is 1.40 bits per heavy atom. The van der Waals surface area contributed by atoms with Crippen molar-refractivity contribution in [3.63, 3.8) is 0 Å². The van der Waals surface area contributed by atoms with E-state index in [0.29, 0.717) is 12.1 Å². The fraction of sp³-hybridized carbons (Fsp3) is 0.647. The summed E-state index contributed by atoms with van der Waals surface area (Å²) in [6, 6.07) is 9.98. The molecule has 1 aliphatic rings. The van der Waals surface area contributed by atoms with Crippen LogP contribution in [0.15, 0.2) is 24.3 Å². The molecule has 112 valence electrons. The van der Waals surface area contributed by atoms with Gasteiger partial charge in [-0.3, -0.25) is 4.90 Å². The third-order valence-electron chi connectivity index (χ3n) is 4.57. The average molecular weight is 276 g/mol. The van der Waals surface area contributed by atoms with E-state index in [-0.39, 0.29) is 12.1 Å². The number of hydrogen-bond acceptors (Lipinski definition) is 3. The highest BCUT2D eigenvalue weighted by atomic mass is 16.5. The summed E-state index contributed by atoms with van der Waals surface area (Å²) in [7, 11) is 1.72. The van der Waals surface area contributed by atoms with Gasteiger partial charge in [-0.25, -0.2) is 0 Å². The van der Waals surface area contributed by atoms with Crippen LogP contribution in [0.3, 0.4) is 0 Å². The molecule has 1 fully saturated rings. The van der Waals surface area contributed by atoms with Crippen molar-refractivity contribution in [1.29, 1.82) is 0 Å². The second kappa shape index (κ2) is 6.59. The molecule has 4 atom stereocenters.